The van der Waals surface area contributed by atoms with Crippen LogP contribution in [0.2, 0.25) is 5.02 Å². The number of likely N-dealkylation sites (N-methyl/N-ethyl adjacent to an activating group) is 1. The Kier molecular flexibility index (Phi) is 9.44. The Balaban J connectivity index is 0.00000300. The van der Waals surface area contributed by atoms with Gasteiger partial charge in [-0.05, 0) is 30.0 Å². The molecule has 2 N–H and O–H groups in total. The molecule has 10 heteroatoms. The molecule has 3 rings (SSSR count). The van der Waals surface area contributed by atoms with E-state index in [0.29, 0.717) is 17.5 Å². The van der Waals surface area contributed by atoms with Crippen LogP contribution in [0, 0.1) is 0 Å². The largest absolute Gasteiger partial charge is 0.353 e. The van der Waals surface area contributed by atoms with E-state index in [1.165, 1.54) is 4.88 Å². The molecule has 1 unspecified atom stereocenters. The second-order valence-corrected chi connectivity index (χ2v) is 8.21. The molecule has 1 amide bonds. The highest BCUT2D eigenvalue weighted by Crippen LogP contribution is 2.25. The van der Waals surface area contributed by atoms with Gasteiger partial charge in [0.05, 0.1) is 11.6 Å². The average Bonchev–Trinajstić information content (AvgIpc) is 3.36. The number of amides is 1. The molecule has 3 heterocycles. The fourth-order valence-corrected chi connectivity index (χ4v) is 3.78. The molecule has 0 saturated carbocycles. The maximum absolute atomic E-state index is 11.9. The SMILES string of the molecule is CN(C)C(=O)CN=C(NCc1cccs1)NC1CCN(c2ncccc2Cl)C1.I. The molecule has 7 nitrogen and oxygen atoms in total. The Bertz CT molecular complexity index is 817. The Labute approximate surface area is 197 Å². The minimum Gasteiger partial charge on any atom is -0.353 e. The summed E-state index contributed by atoms with van der Waals surface area (Å²) in [5.74, 6) is 1.41. The van der Waals surface area contributed by atoms with E-state index in [9.17, 15) is 4.79 Å². The molecule has 0 bridgehead atoms. The Morgan fingerprint density at radius 2 is 2.24 bits per heavy atom. The van der Waals surface area contributed by atoms with Crippen LogP contribution in [0.5, 0.6) is 0 Å². The van der Waals surface area contributed by atoms with Crippen molar-refractivity contribution in [2.75, 3.05) is 38.6 Å². The molecule has 0 aromatic carbocycles. The van der Waals surface area contributed by atoms with E-state index in [0.717, 1.165) is 25.3 Å². The van der Waals surface area contributed by atoms with Crippen LogP contribution in [0.4, 0.5) is 5.82 Å². The van der Waals surface area contributed by atoms with Crippen molar-refractivity contribution < 1.29 is 4.79 Å². The van der Waals surface area contributed by atoms with Crippen molar-refractivity contribution in [3.8, 4) is 0 Å². The van der Waals surface area contributed by atoms with E-state index in [1.54, 1.807) is 36.5 Å². The molecule has 2 aromatic heterocycles. The molecule has 1 fully saturated rings. The van der Waals surface area contributed by atoms with Crippen molar-refractivity contribution in [1.29, 1.82) is 0 Å². The first-order valence-corrected chi connectivity index (χ1v) is 10.4. The highest BCUT2D eigenvalue weighted by atomic mass is 127. The van der Waals surface area contributed by atoms with Crippen LogP contribution in [-0.4, -0.2) is 61.5 Å². The van der Waals surface area contributed by atoms with Crippen molar-refractivity contribution in [3.63, 3.8) is 0 Å². The van der Waals surface area contributed by atoms with Crippen molar-refractivity contribution in [3.05, 3.63) is 45.7 Å². The number of carbonyl (C=O) groups is 1. The number of pyridine rings is 1. The molecular formula is C19H26ClIN6OS. The molecule has 1 saturated heterocycles. The zero-order valence-electron chi connectivity index (χ0n) is 16.5. The molecule has 1 atom stereocenters. The van der Waals surface area contributed by atoms with E-state index < -0.39 is 0 Å². The quantitative estimate of drug-likeness (QED) is 0.330. The van der Waals surface area contributed by atoms with Crippen LogP contribution < -0.4 is 15.5 Å². The summed E-state index contributed by atoms with van der Waals surface area (Å²) in [6.07, 6.45) is 2.69. The van der Waals surface area contributed by atoms with Gasteiger partial charge in [0.15, 0.2) is 5.96 Å². The zero-order chi connectivity index (χ0) is 19.9. The number of carbonyl (C=O) groups excluding carboxylic acids is 1. The van der Waals surface area contributed by atoms with Crippen LogP contribution in [0.25, 0.3) is 0 Å². The lowest BCUT2D eigenvalue weighted by Gasteiger charge is -2.20. The number of nitrogens with zero attached hydrogens (tertiary/aromatic N) is 4. The van der Waals surface area contributed by atoms with E-state index in [4.69, 9.17) is 11.6 Å². The summed E-state index contributed by atoms with van der Waals surface area (Å²) in [4.78, 5) is 25.7. The highest BCUT2D eigenvalue weighted by molar-refractivity contribution is 14.0. The summed E-state index contributed by atoms with van der Waals surface area (Å²) < 4.78 is 0. The lowest BCUT2D eigenvalue weighted by molar-refractivity contribution is -0.127. The number of halogens is 2. The number of hydrogen-bond acceptors (Lipinski definition) is 5. The predicted octanol–water partition coefficient (Wildman–Crippen LogP) is 2.82. The fourth-order valence-electron chi connectivity index (χ4n) is 2.90. The van der Waals surface area contributed by atoms with Gasteiger partial charge in [-0.1, -0.05) is 17.7 Å². The normalized spacial score (nSPS) is 16.3. The standard InChI is InChI=1S/C19H25ClN6OS.HI/c1-25(2)17(27)12-23-19(22-11-15-5-4-10-28-15)24-14-7-9-26(13-14)18-16(20)6-3-8-21-18;/h3-6,8,10,14H,7,9,11-13H2,1-2H3,(H2,22,23,24);1H. The summed E-state index contributed by atoms with van der Waals surface area (Å²) in [6.45, 7) is 2.42. The van der Waals surface area contributed by atoms with E-state index in [1.807, 2.05) is 23.6 Å². The van der Waals surface area contributed by atoms with Crippen molar-refractivity contribution in [2.24, 2.45) is 4.99 Å². The van der Waals surface area contributed by atoms with Gasteiger partial charge >= 0.3 is 0 Å². The third-order valence-electron chi connectivity index (χ3n) is 4.45. The second kappa shape index (κ2) is 11.6. The topological polar surface area (TPSA) is 72.9 Å². The monoisotopic (exact) mass is 548 g/mol. The molecule has 1 aliphatic heterocycles. The van der Waals surface area contributed by atoms with Gasteiger partial charge in [-0.15, -0.1) is 35.3 Å². The molecule has 29 heavy (non-hydrogen) atoms. The van der Waals surface area contributed by atoms with Crippen LogP contribution >= 0.6 is 46.9 Å². The summed E-state index contributed by atoms with van der Waals surface area (Å²) in [5, 5.41) is 9.48. The molecule has 0 spiro atoms. The molecule has 0 aliphatic carbocycles. The highest BCUT2D eigenvalue weighted by Gasteiger charge is 2.25. The van der Waals surface area contributed by atoms with Crippen molar-refractivity contribution in [1.82, 2.24) is 20.5 Å². The Morgan fingerprint density at radius 3 is 2.93 bits per heavy atom. The number of anilines is 1. The molecule has 1 aliphatic rings. The number of guanidine groups is 1. The van der Waals surface area contributed by atoms with Crippen LogP contribution in [0.3, 0.4) is 0 Å². The van der Waals surface area contributed by atoms with Gasteiger partial charge in [0, 0.05) is 44.3 Å². The maximum atomic E-state index is 11.9. The molecule has 0 radical (unpaired) electrons. The second-order valence-electron chi connectivity index (χ2n) is 6.77. The Morgan fingerprint density at radius 1 is 1.41 bits per heavy atom. The predicted molar refractivity (Wildman–Crippen MR) is 131 cm³/mol. The lowest BCUT2D eigenvalue weighted by atomic mass is 10.3. The van der Waals surface area contributed by atoms with Gasteiger partial charge in [0.2, 0.25) is 5.91 Å². The fraction of sp³-hybridized carbons (Fsp3) is 0.421. The lowest BCUT2D eigenvalue weighted by Crippen LogP contribution is -2.45. The number of aromatic nitrogens is 1. The summed E-state index contributed by atoms with van der Waals surface area (Å²) in [7, 11) is 3.46. The van der Waals surface area contributed by atoms with E-state index >= 15 is 0 Å². The van der Waals surface area contributed by atoms with Gasteiger partial charge < -0.3 is 20.4 Å². The maximum Gasteiger partial charge on any atom is 0.243 e. The van der Waals surface area contributed by atoms with Crippen LogP contribution in [-0.2, 0) is 11.3 Å². The van der Waals surface area contributed by atoms with Gasteiger partial charge in [0.25, 0.3) is 0 Å². The number of thiophene rings is 1. The van der Waals surface area contributed by atoms with Crippen molar-refractivity contribution in [2.45, 2.75) is 19.0 Å². The van der Waals surface area contributed by atoms with Gasteiger partial charge in [0.1, 0.15) is 12.4 Å². The minimum absolute atomic E-state index is 0. The summed E-state index contributed by atoms with van der Waals surface area (Å²) >= 11 is 7.96. The molecule has 158 valence electrons. The smallest absolute Gasteiger partial charge is 0.243 e. The third kappa shape index (κ3) is 7.00. The van der Waals surface area contributed by atoms with E-state index in [-0.39, 0.29) is 42.5 Å². The van der Waals surface area contributed by atoms with Crippen molar-refractivity contribution >= 4 is 64.6 Å². The number of rotatable bonds is 6. The molecular weight excluding hydrogens is 523 g/mol. The number of nitrogens with one attached hydrogen (secondary N) is 2. The van der Waals surface area contributed by atoms with E-state index in [2.05, 4.69) is 31.6 Å². The van der Waals surface area contributed by atoms with Gasteiger partial charge in [-0.3, -0.25) is 4.79 Å². The first-order valence-electron chi connectivity index (χ1n) is 9.16. The van der Waals surface area contributed by atoms with Gasteiger partial charge in [-0.25, -0.2) is 9.98 Å². The van der Waals surface area contributed by atoms with Gasteiger partial charge in [-0.2, -0.15) is 0 Å². The Hall–Kier alpha value is -1.59. The zero-order valence-corrected chi connectivity index (χ0v) is 20.4. The first kappa shape index (κ1) is 23.7. The third-order valence-corrected chi connectivity index (χ3v) is 5.62. The number of hydrogen-bond donors (Lipinski definition) is 2. The molecule has 2 aromatic rings. The number of aliphatic imine (C=N–C) groups is 1. The average molecular weight is 549 g/mol. The van der Waals surface area contributed by atoms with Crippen LogP contribution in [0.15, 0.2) is 40.8 Å². The summed E-state index contributed by atoms with van der Waals surface area (Å²) in [6, 6.07) is 7.97. The first-order chi connectivity index (χ1) is 13.5. The minimum atomic E-state index is -0.0365. The van der Waals surface area contributed by atoms with Crippen LogP contribution in [0.1, 0.15) is 11.3 Å². The summed E-state index contributed by atoms with van der Waals surface area (Å²) in [5.41, 5.74) is 0.